The van der Waals surface area contributed by atoms with Gasteiger partial charge in [-0.05, 0) is 19.3 Å². The Morgan fingerprint density at radius 2 is 2.42 bits per heavy atom. The summed E-state index contributed by atoms with van der Waals surface area (Å²) in [7, 11) is 0. The van der Waals surface area contributed by atoms with E-state index in [9.17, 15) is 4.79 Å². The van der Waals surface area contributed by atoms with E-state index in [1.165, 1.54) is 6.42 Å². The summed E-state index contributed by atoms with van der Waals surface area (Å²) in [5.74, 6) is 0. The van der Waals surface area contributed by atoms with E-state index >= 15 is 0 Å². The summed E-state index contributed by atoms with van der Waals surface area (Å²) in [6.07, 6.45) is 5.17. The zero-order valence-corrected chi connectivity index (χ0v) is 6.92. The maximum absolute atomic E-state index is 11.5. The fourth-order valence-electron chi connectivity index (χ4n) is 1.48. The van der Waals surface area contributed by atoms with Crippen molar-refractivity contribution in [1.29, 1.82) is 0 Å². The van der Waals surface area contributed by atoms with Gasteiger partial charge < -0.3 is 10.8 Å². The van der Waals surface area contributed by atoms with Crippen LogP contribution in [0.15, 0.2) is 11.0 Å². The Morgan fingerprint density at radius 1 is 1.67 bits per heavy atom. The third-order valence-corrected chi connectivity index (χ3v) is 2.53. The molecule has 0 saturated heterocycles. The number of rotatable bonds is 2. The van der Waals surface area contributed by atoms with Gasteiger partial charge in [0.15, 0.2) is 0 Å². The normalized spacial score (nSPS) is 17.8. The molecule has 0 radical (unpaired) electrons. The first-order chi connectivity index (χ1) is 5.83. The minimum atomic E-state index is 0.0576. The van der Waals surface area contributed by atoms with Crippen LogP contribution in [0.1, 0.15) is 30.9 Å². The molecule has 1 aromatic heterocycles. The molecule has 1 aliphatic rings. The maximum Gasteiger partial charge on any atom is 0.271 e. The monoisotopic (exact) mass is 167 g/mol. The van der Waals surface area contributed by atoms with Gasteiger partial charge in [-0.2, -0.15) is 0 Å². The third kappa shape index (κ3) is 0.992. The first-order valence-electron chi connectivity index (χ1n) is 4.32. The highest BCUT2D eigenvalue weighted by atomic mass is 16.1. The lowest BCUT2D eigenvalue weighted by Gasteiger charge is -2.25. The van der Waals surface area contributed by atoms with Crippen LogP contribution in [-0.2, 0) is 6.54 Å². The molecular weight excluding hydrogens is 154 g/mol. The quantitative estimate of drug-likeness (QED) is 0.668. The average Bonchev–Trinajstić information content (AvgIpc) is 2.30. The lowest BCUT2D eigenvalue weighted by Crippen LogP contribution is -2.28. The third-order valence-electron chi connectivity index (χ3n) is 2.53. The van der Waals surface area contributed by atoms with Crippen molar-refractivity contribution in [3.8, 4) is 0 Å². The predicted molar refractivity (Wildman–Crippen MR) is 45.8 cm³/mol. The molecular formula is C8H13N3O. The highest BCUT2D eigenvalue weighted by Gasteiger charge is 2.21. The Hall–Kier alpha value is -1.03. The average molecular weight is 167 g/mol. The summed E-state index contributed by atoms with van der Waals surface area (Å²) in [5.41, 5.74) is 6.13. The molecule has 0 aliphatic heterocycles. The van der Waals surface area contributed by atoms with Gasteiger partial charge in [-0.3, -0.25) is 4.79 Å². The zero-order valence-electron chi connectivity index (χ0n) is 6.92. The van der Waals surface area contributed by atoms with Crippen molar-refractivity contribution in [2.24, 2.45) is 5.73 Å². The number of aromatic amines is 1. The van der Waals surface area contributed by atoms with Gasteiger partial charge in [0.25, 0.3) is 5.56 Å². The lowest BCUT2D eigenvalue weighted by molar-refractivity contribution is 0.283. The summed E-state index contributed by atoms with van der Waals surface area (Å²) < 4.78 is 1.70. The van der Waals surface area contributed by atoms with Gasteiger partial charge in [0.05, 0.1) is 6.04 Å². The first kappa shape index (κ1) is 7.61. The van der Waals surface area contributed by atoms with Gasteiger partial charge in [-0.25, -0.2) is 4.68 Å². The minimum Gasteiger partial charge on any atom is -0.326 e. The van der Waals surface area contributed by atoms with Crippen LogP contribution in [-0.4, -0.2) is 9.78 Å². The molecule has 0 amide bonds. The van der Waals surface area contributed by atoms with Gasteiger partial charge >= 0.3 is 0 Å². The molecule has 1 heterocycles. The van der Waals surface area contributed by atoms with E-state index in [1.54, 1.807) is 10.9 Å². The van der Waals surface area contributed by atoms with E-state index < -0.39 is 0 Å². The van der Waals surface area contributed by atoms with Crippen molar-refractivity contribution in [1.82, 2.24) is 9.78 Å². The lowest BCUT2D eigenvalue weighted by atomic mass is 9.93. The largest absolute Gasteiger partial charge is 0.326 e. The van der Waals surface area contributed by atoms with Crippen molar-refractivity contribution in [2.75, 3.05) is 0 Å². The van der Waals surface area contributed by atoms with Crippen LogP contribution in [0.2, 0.25) is 0 Å². The van der Waals surface area contributed by atoms with E-state index in [2.05, 4.69) is 5.10 Å². The van der Waals surface area contributed by atoms with Gasteiger partial charge in [0.2, 0.25) is 0 Å². The minimum absolute atomic E-state index is 0.0576. The predicted octanol–water partition coefficient (Wildman–Crippen LogP) is 0.360. The number of H-pyrrole nitrogens is 1. The molecule has 3 N–H and O–H groups in total. The zero-order chi connectivity index (χ0) is 8.55. The molecule has 4 nitrogen and oxygen atoms in total. The molecule has 12 heavy (non-hydrogen) atoms. The van der Waals surface area contributed by atoms with E-state index in [4.69, 9.17) is 5.73 Å². The van der Waals surface area contributed by atoms with Crippen LogP contribution in [0.3, 0.4) is 0 Å². The van der Waals surface area contributed by atoms with E-state index in [-0.39, 0.29) is 5.56 Å². The highest BCUT2D eigenvalue weighted by molar-refractivity contribution is 5.04. The molecule has 1 aliphatic carbocycles. The van der Waals surface area contributed by atoms with Crippen molar-refractivity contribution >= 4 is 0 Å². The summed E-state index contributed by atoms with van der Waals surface area (Å²) in [6, 6.07) is 0.401. The number of nitrogens with zero attached hydrogens (tertiary/aromatic N) is 1. The van der Waals surface area contributed by atoms with Crippen molar-refractivity contribution in [3.63, 3.8) is 0 Å². The summed E-state index contributed by atoms with van der Waals surface area (Å²) >= 11 is 0. The van der Waals surface area contributed by atoms with Crippen LogP contribution in [0, 0.1) is 0 Å². The Bertz CT molecular complexity index is 321. The van der Waals surface area contributed by atoms with Crippen LogP contribution in [0.25, 0.3) is 0 Å². The molecule has 0 aromatic carbocycles. The number of hydrogen-bond acceptors (Lipinski definition) is 2. The Kier molecular flexibility index (Phi) is 1.77. The molecule has 0 unspecified atom stereocenters. The van der Waals surface area contributed by atoms with Crippen molar-refractivity contribution in [3.05, 3.63) is 22.1 Å². The molecule has 0 spiro atoms. The molecule has 0 bridgehead atoms. The standard InChI is InChI=1S/C8H13N3O/c9-4-6-5-10-11(8(6)12)7-2-1-3-7/h5,7,10H,1-4,9H2. The molecule has 0 atom stereocenters. The Balaban J connectivity index is 2.32. The second-order valence-corrected chi connectivity index (χ2v) is 3.26. The second kappa shape index (κ2) is 2.79. The smallest absolute Gasteiger partial charge is 0.271 e. The number of hydrogen-bond donors (Lipinski definition) is 2. The number of nitrogens with one attached hydrogen (secondary N) is 1. The van der Waals surface area contributed by atoms with E-state index in [0.717, 1.165) is 12.8 Å². The van der Waals surface area contributed by atoms with Crippen LogP contribution in [0.5, 0.6) is 0 Å². The maximum atomic E-state index is 11.5. The van der Waals surface area contributed by atoms with Gasteiger partial charge in [-0.1, -0.05) is 0 Å². The second-order valence-electron chi connectivity index (χ2n) is 3.26. The topological polar surface area (TPSA) is 63.8 Å². The summed E-state index contributed by atoms with van der Waals surface area (Å²) in [5, 5.41) is 2.95. The molecule has 66 valence electrons. The van der Waals surface area contributed by atoms with E-state index in [0.29, 0.717) is 18.2 Å². The Labute approximate surface area is 70.4 Å². The fraction of sp³-hybridized carbons (Fsp3) is 0.625. The number of nitrogens with two attached hydrogens (primary N) is 1. The molecule has 1 fully saturated rings. The van der Waals surface area contributed by atoms with Crippen molar-refractivity contribution in [2.45, 2.75) is 31.8 Å². The molecule has 4 heteroatoms. The Morgan fingerprint density at radius 3 is 2.83 bits per heavy atom. The van der Waals surface area contributed by atoms with Gasteiger partial charge in [-0.15, -0.1) is 0 Å². The van der Waals surface area contributed by atoms with Crippen LogP contribution in [0.4, 0.5) is 0 Å². The van der Waals surface area contributed by atoms with Crippen LogP contribution < -0.4 is 11.3 Å². The van der Waals surface area contributed by atoms with Crippen LogP contribution >= 0.6 is 0 Å². The highest BCUT2D eigenvalue weighted by Crippen LogP contribution is 2.29. The first-order valence-corrected chi connectivity index (χ1v) is 4.32. The summed E-state index contributed by atoms with van der Waals surface area (Å²) in [4.78, 5) is 11.5. The van der Waals surface area contributed by atoms with E-state index in [1.807, 2.05) is 0 Å². The summed E-state index contributed by atoms with van der Waals surface area (Å²) in [6.45, 7) is 0.328. The molecule has 1 saturated carbocycles. The molecule has 2 rings (SSSR count). The van der Waals surface area contributed by atoms with Gasteiger partial charge in [0, 0.05) is 18.3 Å². The van der Waals surface area contributed by atoms with Crippen molar-refractivity contribution < 1.29 is 0 Å². The van der Waals surface area contributed by atoms with Gasteiger partial charge in [0.1, 0.15) is 0 Å². The SMILES string of the molecule is NCc1c[nH]n(C2CCC2)c1=O. The molecule has 1 aromatic rings. The fourth-order valence-corrected chi connectivity index (χ4v) is 1.48. The number of aromatic nitrogens is 2.